The maximum atomic E-state index is 13.0. The number of hydrogen-bond donors (Lipinski definition) is 0. The molecule has 5 unspecified atom stereocenters. The van der Waals surface area contributed by atoms with Crippen molar-refractivity contribution in [1.29, 1.82) is 0 Å². The fraction of sp³-hybridized carbons (Fsp3) is 0.941. The van der Waals surface area contributed by atoms with Gasteiger partial charge in [-0.1, -0.05) is 117 Å². The zero-order valence-electron chi connectivity index (χ0n) is 25.4. The van der Waals surface area contributed by atoms with Crippen LogP contribution in [-0.4, -0.2) is 25.7 Å². The molecular formula is C34H62O4. The fourth-order valence-electron chi connectivity index (χ4n) is 7.78. The molecule has 3 aliphatic carbocycles. The zero-order chi connectivity index (χ0) is 27.4. The van der Waals surface area contributed by atoms with Gasteiger partial charge in [0.2, 0.25) is 0 Å². The first-order valence-corrected chi connectivity index (χ1v) is 16.8. The molecule has 5 atom stereocenters. The first-order valence-electron chi connectivity index (χ1n) is 16.8. The molecule has 0 aliphatic heterocycles. The van der Waals surface area contributed by atoms with Crippen LogP contribution in [0.25, 0.3) is 0 Å². The Balaban J connectivity index is 1.77. The molecule has 0 N–H and O–H groups in total. The molecule has 0 spiro atoms. The Bertz CT molecular complexity index is 587. The first-order chi connectivity index (χ1) is 18.6. The molecule has 0 aromatic heterocycles. The van der Waals surface area contributed by atoms with Crippen molar-refractivity contribution in [3.05, 3.63) is 0 Å². The second kappa shape index (κ2) is 20.8. The number of esters is 1. The third-order valence-corrected chi connectivity index (χ3v) is 9.96. The van der Waals surface area contributed by atoms with Crippen LogP contribution in [0.2, 0.25) is 0 Å². The van der Waals surface area contributed by atoms with Crippen molar-refractivity contribution in [2.24, 2.45) is 35.5 Å². The van der Waals surface area contributed by atoms with Crippen molar-refractivity contribution in [3.63, 3.8) is 0 Å². The van der Waals surface area contributed by atoms with E-state index >= 15 is 0 Å². The van der Waals surface area contributed by atoms with E-state index in [9.17, 15) is 9.59 Å². The maximum Gasteiger partial charge on any atom is 0.306 e. The van der Waals surface area contributed by atoms with Crippen LogP contribution in [-0.2, 0) is 19.1 Å². The molecule has 3 rings (SSSR count). The minimum absolute atomic E-state index is 0.0398. The third-order valence-electron chi connectivity index (χ3n) is 9.96. The summed E-state index contributed by atoms with van der Waals surface area (Å²) in [4.78, 5) is 23.8. The lowest BCUT2D eigenvalue weighted by Gasteiger charge is -2.52. The number of fused-ring (bicyclic) bond motifs is 3. The SMILES string of the molecule is CCCCCCCCCC(CCCCCCCCC)CC(=O)OCC1C2CCC(C(COC=O)C2)C1CC. The molecule has 3 saturated carbocycles. The van der Waals surface area contributed by atoms with Gasteiger partial charge in [-0.2, -0.15) is 0 Å². The molecule has 38 heavy (non-hydrogen) atoms. The summed E-state index contributed by atoms with van der Waals surface area (Å²) in [6.07, 6.45) is 26.3. The monoisotopic (exact) mass is 534 g/mol. The lowest BCUT2D eigenvalue weighted by atomic mass is 9.54. The highest BCUT2D eigenvalue weighted by Gasteiger charge is 2.48. The zero-order valence-corrected chi connectivity index (χ0v) is 25.4. The summed E-state index contributed by atoms with van der Waals surface area (Å²) >= 11 is 0. The Morgan fingerprint density at radius 3 is 1.89 bits per heavy atom. The van der Waals surface area contributed by atoms with Gasteiger partial charge in [0.15, 0.2) is 0 Å². The van der Waals surface area contributed by atoms with Crippen LogP contribution < -0.4 is 0 Å². The maximum absolute atomic E-state index is 13.0. The number of rotatable bonds is 24. The molecule has 222 valence electrons. The van der Waals surface area contributed by atoms with Crippen LogP contribution in [0.1, 0.15) is 156 Å². The third kappa shape index (κ3) is 12.4. The van der Waals surface area contributed by atoms with Gasteiger partial charge in [-0.25, -0.2) is 0 Å². The van der Waals surface area contributed by atoms with E-state index in [4.69, 9.17) is 9.47 Å². The predicted molar refractivity (Wildman–Crippen MR) is 158 cm³/mol. The van der Waals surface area contributed by atoms with Crippen LogP contribution in [0.4, 0.5) is 0 Å². The number of unbranched alkanes of at least 4 members (excludes halogenated alkanes) is 12. The Morgan fingerprint density at radius 2 is 1.34 bits per heavy atom. The number of ether oxygens (including phenoxy) is 2. The summed E-state index contributed by atoms with van der Waals surface area (Å²) in [5, 5.41) is 0. The van der Waals surface area contributed by atoms with E-state index in [0.29, 0.717) is 61.6 Å². The van der Waals surface area contributed by atoms with E-state index < -0.39 is 0 Å². The van der Waals surface area contributed by atoms with Gasteiger partial charge in [0, 0.05) is 6.42 Å². The number of carbonyl (C=O) groups excluding carboxylic acids is 2. The van der Waals surface area contributed by atoms with Crippen molar-refractivity contribution in [2.45, 2.75) is 156 Å². The molecule has 3 aliphatic rings. The summed E-state index contributed by atoms with van der Waals surface area (Å²) in [5.41, 5.74) is 0. The van der Waals surface area contributed by atoms with Gasteiger partial charge in [0.1, 0.15) is 0 Å². The van der Waals surface area contributed by atoms with E-state index in [2.05, 4.69) is 20.8 Å². The summed E-state index contributed by atoms with van der Waals surface area (Å²) in [6.45, 7) is 8.58. The van der Waals surface area contributed by atoms with Gasteiger partial charge in [-0.3, -0.25) is 9.59 Å². The Kier molecular flexibility index (Phi) is 18.1. The summed E-state index contributed by atoms with van der Waals surface area (Å²) in [5.74, 6) is 3.31. The molecule has 2 bridgehead atoms. The standard InChI is InChI=1S/C34H62O4/c1-4-7-9-11-13-15-17-19-28(20-18-16-14-12-10-8-5-2)23-34(36)38-26-33-29-21-22-32(31(33)6-3)30(24-29)25-37-27-35/h27-33H,4-26H2,1-3H3. The molecule has 0 saturated heterocycles. The van der Waals surface area contributed by atoms with E-state index in [-0.39, 0.29) is 5.97 Å². The van der Waals surface area contributed by atoms with E-state index in [1.807, 2.05) is 0 Å². The molecule has 0 heterocycles. The van der Waals surface area contributed by atoms with E-state index in [0.717, 1.165) is 12.8 Å². The molecule has 0 amide bonds. The highest BCUT2D eigenvalue weighted by Crippen LogP contribution is 2.53. The smallest absolute Gasteiger partial charge is 0.306 e. The van der Waals surface area contributed by atoms with Crippen LogP contribution in [0.15, 0.2) is 0 Å². The average Bonchev–Trinajstić information content (AvgIpc) is 2.93. The molecule has 4 nitrogen and oxygen atoms in total. The van der Waals surface area contributed by atoms with Gasteiger partial charge in [-0.15, -0.1) is 0 Å². The quantitative estimate of drug-likeness (QED) is 0.0702. The van der Waals surface area contributed by atoms with Crippen LogP contribution in [0.5, 0.6) is 0 Å². The highest BCUT2D eigenvalue weighted by molar-refractivity contribution is 5.69. The Morgan fingerprint density at radius 1 is 0.763 bits per heavy atom. The van der Waals surface area contributed by atoms with Crippen LogP contribution in [0, 0.1) is 35.5 Å². The largest absolute Gasteiger partial charge is 0.468 e. The Hall–Kier alpha value is -1.06. The van der Waals surface area contributed by atoms with Crippen molar-refractivity contribution >= 4 is 12.4 Å². The van der Waals surface area contributed by atoms with Crippen molar-refractivity contribution in [3.8, 4) is 0 Å². The first kappa shape index (κ1) is 33.1. The fourth-order valence-corrected chi connectivity index (χ4v) is 7.78. The molecule has 0 radical (unpaired) electrons. The van der Waals surface area contributed by atoms with Gasteiger partial charge < -0.3 is 9.47 Å². The second-order valence-electron chi connectivity index (χ2n) is 12.7. The molecule has 0 aromatic rings. The van der Waals surface area contributed by atoms with Gasteiger partial charge in [0.05, 0.1) is 13.2 Å². The van der Waals surface area contributed by atoms with Gasteiger partial charge in [-0.05, 0) is 67.6 Å². The van der Waals surface area contributed by atoms with Crippen molar-refractivity contribution < 1.29 is 19.1 Å². The molecule has 0 aromatic carbocycles. The van der Waals surface area contributed by atoms with Gasteiger partial charge in [0.25, 0.3) is 6.47 Å². The molecular weight excluding hydrogens is 472 g/mol. The molecule has 4 heteroatoms. The minimum atomic E-state index is 0.0398. The van der Waals surface area contributed by atoms with Crippen molar-refractivity contribution in [1.82, 2.24) is 0 Å². The van der Waals surface area contributed by atoms with Crippen LogP contribution >= 0.6 is 0 Å². The normalized spacial score (nSPS) is 24.6. The predicted octanol–water partition coefficient (Wildman–Crippen LogP) is 9.68. The van der Waals surface area contributed by atoms with Crippen molar-refractivity contribution in [2.75, 3.05) is 13.2 Å². The van der Waals surface area contributed by atoms with Crippen LogP contribution in [0.3, 0.4) is 0 Å². The number of hydrogen-bond acceptors (Lipinski definition) is 4. The van der Waals surface area contributed by atoms with E-state index in [1.165, 1.54) is 116 Å². The average molecular weight is 535 g/mol. The summed E-state index contributed by atoms with van der Waals surface area (Å²) in [6, 6.07) is 0. The summed E-state index contributed by atoms with van der Waals surface area (Å²) < 4.78 is 11.2. The Labute approximate surface area is 235 Å². The summed E-state index contributed by atoms with van der Waals surface area (Å²) in [7, 11) is 0. The second-order valence-corrected chi connectivity index (χ2v) is 12.7. The highest BCUT2D eigenvalue weighted by atomic mass is 16.5. The van der Waals surface area contributed by atoms with Gasteiger partial charge >= 0.3 is 5.97 Å². The minimum Gasteiger partial charge on any atom is -0.468 e. The lowest BCUT2D eigenvalue weighted by molar-refractivity contribution is -0.153. The molecule has 3 fully saturated rings. The topological polar surface area (TPSA) is 52.6 Å². The lowest BCUT2D eigenvalue weighted by Crippen LogP contribution is -2.48. The van der Waals surface area contributed by atoms with E-state index in [1.54, 1.807) is 0 Å². The number of carbonyl (C=O) groups is 2.